The van der Waals surface area contributed by atoms with Gasteiger partial charge in [-0.05, 0) is 12.8 Å². The van der Waals surface area contributed by atoms with Gasteiger partial charge in [-0.1, -0.05) is 0 Å². The van der Waals surface area contributed by atoms with Crippen LogP contribution in [-0.4, -0.2) is 42.1 Å². The molecule has 0 saturated carbocycles. The summed E-state index contributed by atoms with van der Waals surface area (Å²) in [5.41, 5.74) is 15.8. The molecule has 0 unspecified atom stereocenters. The molecule has 106 valence electrons. The SMILES string of the molecule is Cl.NC(N)=NCCC[C@H](N)C(=O)NCCC(=O)O. The molecule has 0 rings (SSSR count). The second kappa shape index (κ2) is 10.6. The minimum Gasteiger partial charge on any atom is -0.481 e. The fourth-order valence-electron chi connectivity index (χ4n) is 1.07. The third-order valence-electron chi connectivity index (χ3n) is 1.94. The minimum absolute atomic E-state index is 0. The van der Waals surface area contributed by atoms with E-state index >= 15 is 0 Å². The summed E-state index contributed by atoms with van der Waals surface area (Å²) in [7, 11) is 0. The Hall–Kier alpha value is -1.54. The first kappa shape index (κ1) is 18.8. The molecule has 8 N–H and O–H groups in total. The Morgan fingerprint density at radius 3 is 2.44 bits per heavy atom. The predicted molar refractivity (Wildman–Crippen MR) is 70.4 cm³/mol. The molecule has 0 saturated heterocycles. The fourth-order valence-corrected chi connectivity index (χ4v) is 1.07. The number of carboxylic acid groups (broad SMARTS) is 1. The van der Waals surface area contributed by atoms with E-state index in [2.05, 4.69) is 10.3 Å². The van der Waals surface area contributed by atoms with Crippen molar-refractivity contribution in [2.24, 2.45) is 22.2 Å². The topological polar surface area (TPSA) is 157 Å². The molecule has 18 heavy (non-hydrogen) atoms. The highest BCUT2D eigenvalue weighted by atomic mass is 35.5. The van der Waals surface area contributed by atoms with E-state index in [1.54, 1.807) is 0 Å². The Kier molecular flexibility index (Phi) is 11.1. The van der Waals surface area contributed by atoms with Gasteiger partial charge in [-0.15, -0.1) is 12.4 Å². The number of hydrogen-bond acceptors (Lipinski definition) is 4. The van der Waals surface area contributed by atoms with Gasteiger partial charge in [0.1, 0.15) is 0 Å². The van der Waals surface area contributed by atoms with Gasteiger partial charge in [-0.25, -0.2) is 0 Å². The maximum absolute atomic E-state index is 11.3. The van der Waals surface area contributed by atoms with E-state index in [0.29, 0.717) is 19.4 Å². The monoisotopic (exact) mass is 281 g/mol. The number of nitrogens with zero attached hydrogens (tertiary/aromatic N) is 1. The van der Waals surface area contributed by atoms with Crippen molar-refractivity contribution in [2.45, 2.75) is 25.3 Å². The fraction of sp³-hybridized carbons (Fsp3) is 0.667. The van der Waals surface area contributed by atoms with Gasteiger partial charge in [0.05, 0.1) is 12.5 Å². The first-order chi connectivity index (χ1) is 7.93. The van der Waals surface area contributed by atoms with Crippen LogP contribution in [0.2, 0.25) is 0 Å². The first-order valence-electron chi connectivity index (χ1n) is 5.24. The summed E-state index contributed by atoms with van der Waals surface area (Å²) in [4.78, 5) is 25.3. The lowest BCUT2D eigenvalue weighted by Gasteiger charge is -2.10. The van der Waals surface area contributed by atoms with Crippen molar-refractivity contribution < 1.29 is 14.7 Å². The predicted octanol–water partition coefficient (Wildman–Crippen LogP) is -1.62. The van der Waals surface area contributed by atoms with Crippen LogP contribution in [0.1, 0.15) is 19.3 Å². The molecule has 1 amide bonds. The van der Waals surface area contributed by atoms with Gasteiger partial charge in [0.15, 0.2) is 5.96 Å². The zero-order valence-corrected chi connectivity index (χ0v) is 10.8. The van der Waals surface area contributed by atoms with Crippen LogP contribution in [0.4, 0.5) is 0 Å². The van der Waals surface area contributed by atoms with E-state index < -0.39 is 12.0 Å². The van der Waals surface area contributed by atoms with Gasteiger partial charge in [0, 0.05) is 13.1 Å². The maximum atomic E-state index is 11.3. The van der Waals surface area contributed by atoms with E-state index in [0.717, 1.165) is 0 Å². The summed E-state index contributed by atoms with van der Waals surface area (Å²) in [6, 6.07) is -0.669. The third kappa shape index (κ3) is 11.0. The van der Waals surface area contributed by atoms with Crippen LogP contribution in [0, 0.1) is 0 Å². The van der Waals surface area contributed by atoms with E-state index in [-0.39, 0.29) is 37.2 Å². The molecule has 0 aliphatic heterocycles. The largest absolute Gasteiger partial charge is 0.481 e. The van der Waals surface area contributed by atoms with Crippen molar-refractivity contribution in [3.8, 4) is 0 Å². The lowest BCUT2D eigenvalue weighted by Crippen LogP contribution is -2.41. The molecule has 0 aliphatic carbocycles. The van der Waals surface area contributed by atoms with Crippen molar-refractivity contribution in [3.05, 3.63) is 0 Å². The van der Waals surface area contributed by atoms with Crippen LogP contribution in [0.25, 0.3) is 0 Å². The van der Waals surface area contributed by atoms with Crippen molar-refractivity contribution >= 4 is 30.2 Å². The summed E-state index contributed by atoms with van der Waals surface area (Å²) in [5.74, 6) is -1.33. The number of carbonyl (C=O) groups is 2. The number of aliphatic carboxylic acids is 1. The van der Waals surface area contributed by atoms with Gasteiger partial charge >= 0.3 is 5.97 Å². The molecule has 0 bridgehead atoms. The number of aliphatic imine (C=N–C) groups is 1. The molecule has 0 radical (unpaired) electrons. The lowest BCUT2D eigenvalue weighted by molar-refractivity contribution is -0.136. The van der Waals surface area contributed by atoms with Crippen LogP contribution in [0.5, 0.6) is 0 Å². The van der Waals surface area contributed by atoms with Crippen LogP contribution in [-0.2, 0) is 9.59 Å². The Balaban J connectivity index is 0. The molecular weight excluding hydrogens is 262 g/mol. The van der Waals surface area contributed by atoms with Crippen LogP contribution in [0.3, 0.4) is 0 Å². The maximum Gasteiger partial charge on any atom is 0.305 e. The number of carbonyl (C=O) groups excluding carboxylic acids is 1. The second-order valence-electron chi connectivity index (χ2n) is 3.49. The van der Waals surface area contributed by atoms with Crippen molar-refractivity contribution in [1.82, 2.24) is 5.32 Å². The summed E-state index contributed by atoms with van der Waals surface area (Å²) in [6.45, 7) is 0.494. The number of guanidine groups is 1. The number of nitrogens with two attached hydrogens (primary N) is 3. The summed E-state index contributed by atoms with van der Waals surface area (Å²) >= 11 is 0. The molecule has 8 nitrogen and oxygen atoms in total. The average Bonchev–Trinajstić information content (AvgIpc) is 2.23. The number of carboxylic acids is 1. The summed E-state index contributed by atoms with van der Waals surface area (Å²) in [5, 5.41) is 10.8. The molecule has 0 aromatic rings. The molecule has 9 heteroatoms. The van der Waals surface area contributed by atoms with Gasteiger partial charge < -0.3 is 27.6 Å². The normalized spacial score (nSPS) is 10.9. The van der Waals surface area contributed by atoms with Crippen molar-refractivity contribution in [3.63, 3.8) is 0 Å². The van der Waals surface area contributed by atoms with Crippen LogP contribution >= 0.6 is 12.4 Å². The molecule has 0 fully saturated rings. The van der Waals surface area contributed by atoms with E-state index in [1.807, 2.05) is 0 Å². The van der Waals surface area contributed by atoms with Crippen molar-refractivity contribution in [1.29, 1.82) is 0 Å². The number of nitrogens with one attached hydrogen (secondary N) is 1. The molecule has 0 heterocycles. The molecular formula is C9H20ClN5O3. The lowest BCUT2D eigenvalue weighted by atomic mass is 10.1. The molecule has 0 spiro atoms. The van der Waals surface area contributed by atoms with E-state index in [4.69, 9.17) is 22.3 Å². The smallest absolute Gasteiger partial charge is 0.305 e. The standard InChI is InChI=1S/C9H19N5O3.ClH/c10-6(2-1-4-14-9(11)12)8(17)13-5-3-7(15)16;/h6H,1-5,10H2,(H,13,17)(H,15,16)(H4,11,12,14);1H/t6-;/m0./s1. The highest BCUT2D eigenvalue weighted by Gasteiger charge is 2.12. The van der Waals surface area contributed by atoms with Crippen LogP contribution < -0.4 is 22.5 Å². The highest BCUT2D eigenvalue weighted by molar-refractivity contribution is 5.85. The summed E-state index contributed by atoms with van der Waals surface area (Å²) < 4.78 is 0. The number of rotatable bonds is 8. The molecule has 0 aliphatic rings. The Labute approximate surface area is 111 Å². The third-order valence-corrected chi connectivity index (χ3v) is 1.94. The van der Waals surface area contributed by atoms with E-state index in [1.165, 1.54) is 0 Å². The highest BCUT2D eigenvalue weighted by Crippen LogP contribution is 1.95. The number of halogens is 1. The Morgan fingerprint density at radius 1 is 1.33 bits per heavy atom. The first-order valence-corrected chi connectivity index (χ1v) is 5.24. The van der Waals surface area contributed by atoms with Gasteiger partial charge in [0.25, 0.3) is 0 Å². The quantitative estimate of drug-likeness (QED) is 0.204. The minimum atomic E-state index is -0.966. The number of hydrogen-bond donors (Lipinski definition) is 5. The number of amides is 1. The van der Waals surface area contributed by atoms with Gasteiger partial charge in [0.2, 0.25) is 5.91 Å². The molecule has 0 aromatic carbocycles. The Morgan fingerprint density at radius 2 is 1.94 bits per heavy atom. The second-order valence-corrected chi connectivity index (χ2v) is 3.49. The zero-order valence-electron chi connectivity index (χ0n) is 9.96. The van der Waals surface area contributed by atoms with Gasteiger partial charge in [-0.3, -0.25) is 14.6 Å². The van der Waals surface area contributed by atoms with Gasteiger partial charge in [-0.2, -0.15) is 0 Å². The van der Waals surface area contributed by atoms with E-state index in [9.17, 15) is 9.59 Å². The van der Waals surface area contributed by atoms with Crippen LogP contribution in [0.15, 0.2) is 4.99 Å². The summed E-state index contributed by atoms with van der Waals surface area (Å²) in [6.07, 6.45) is 0.910. The average molecular weight is 282 g/mol. The Bertz CT molecular complexity index is 294. The van der Waals surface area contributed by atoms with Crippen molar-refractivity contribution in [2.75, 3.05) is 13.1 Å². The zero-order chi connectivity index (χ0) is 13.3. The molecule has 0 aromatic heterocycles. The molecule has 1 atom stereocenters.